The van der Waals surface area contributed by atoms with E-state index in [1.807, 2.05) is 13.1 Å². The largest absolute Gasteiger partial charge is 0.373 e. The lowest BCUT2D eigenvalue weighted by Gasteiger charge is -2.06. The maximum Gasteiger partial charge on any atom is 0.161 e. The van der Waals surface area contributed by atoms with Gasteiger partial charge in [0.1, 0.15) is 5.82 Å². The summed E-state index contributed by atoms with van der Waals surface area (Å²) in [6, 6.07) is 10.4. The van der Waals surface area contributed by atoms with E-state index in [-0.39, 0.29) is 0 Å². The van der Waals surface area contributed by atoms with Crippen molar-refractivity contribution in [3.63, 3.8) is 0 Å². The summed E-state index contributed by atoms with van der Waals surface area (Å²) in [7, 11) is 1.86. The topological polar surface area (TPSA) is 37.8 Å². The Kier molecular flexibility index (Phi) is 3.92. The number of aromatic nitrogens is 2. The highest BCUT2D eigenvalue weighted by molar-refractivity contribution is 5.57. The highest BCUT2D eigenvalue weighted by Gasteiger charge is 2.03. The summed E-state index contributed by atoms with van der Waals surface area (Å²) in [5, 5.41) is 3.02. The molecule has 1 N–H and O–H groups in total. The van der Waals surface area contributed by atoms with Crippen LogP contribution < -0.4 is 5.32 Å². The van der Waals surface area contributed by atoms with Gasteiger partial charge in [-0.15, -0.1) is 0 Å². The van der Waals surface area contributed by atoms with Crippen LogP contribution in [-0.2, 0) is 6.42 Å². The van der Waals surface area contributed by atoms with Crippen LogP contribution in [-0.4, -0.2) is 17.0 Å². The first kappa shape index (κ1) is 12.6. The van der Waals surface area contributed by atoms with Gasteiger partial charge in [-0.25, -0.2) is 9.97 Å². The molecular weight excluding hydrogens is 222 g/mol. The lowest BCUT2D eigenvalue weighted by molar-refractivity contribution is 0.647. The second kappa shape index (κ2) is 5.63. The quantitative estimate of drug-likeness (QED) is 0.891. The van der Waals surface area contributed by atoms with Gasteiger partial charge < -0.3 is 5.32 Å². The number of rotatable bonds is 4. The van der Waals surface area contributed by atoms with Gasteiger partial charge in [-0.2, -0.15) is 0 Å². The molecule has 0 fully saturated rings. The van der Waals surface area contributed by atoms with Gasteiger partial charge in [-0.05, 0) is 24.0 Å². The molecule has 0 saturated heterocycles. The molecular formula is C15H19N3. The molecule has 0 spiro atoms. The molecule has 1 heterocycles. The molecule has 0 saturated carbocycles. The first-order valence-electron chi connectivity index (χ1n) is 6.29. The van der Waals surface area contributed by atoms with Gasteiger partial charge in [0.15, 0.2) is 5.82 Å². The molecule has 3 heteroatoms. The molecule has 0 bridgehead atoms. The van der Waals surface area contributed by atoms with Crippen molar-refractivity contribution in [1.82, 2.24) is 9.97 Å². The van der Waals surface area contributed by atoms with Gasteiger partial charge >= 0.3 is 0 Å². The minimum Gasteiger partial charge on any atom is -0.373 e. The summed E-state index contributed by atoms with van der Waals surface area (Å²) in [6.07, 6.45) is 2.88. The molecule has 94 valence electrons. The smallest absolute Gasteiger partial charge is 0.161 e. The zero-order valence-corrected chi connectivity index (χ0v) is 11.1. The minimum absolute atomic E-state index is 0.680. The molecule has 0 aliphatic carbocycles. The van der Waals surface area contributed by atoms with Crippen molar-refractivity contribution in [2.75, 3.05) is 12.4 Å². The van der Waals surface area contributed by atoms with E-state index in [0.29, 0.717) is 5.92 Å². The van der Waals surface area contributed by atoms with E-state index in [9.17, 15) is 0 Å². The predicted octanol–water partition coefficient (Wildman–Crippen LogP) is 3.38. The Hall–Kier alpha value is -1.90. The van der Waals surface area contributed by atoms with Crippen molar-refractivity contribution in [2.24, 2.45) is 5.92 Å². The third kappa shape index (κ3) is 3.06. The monoisotopic (exact) mass is 241 g/mol. The van der Waals surface area contributed by atoms with Crippen LogP contribution in [0.3, 0.4) is 0 Å². The van der Waals surface area contributed by atoms with E-state index >= 15 is 0 Å². The Morgan fingerprint density at radius 1 is 1.11 bits per heavy atom. The van der Waals surface area contributed by atoms with Crippen LogP contribution in [0.4, 0.5) is 5.82 Å². The maximum atomic E-state index is 4.43. The Morgan fingerprint density at radius 3 is 2.44 bits per heavy atom. The Bertz CT molecular complexity index is 503. The van der Waals surface area contributed by atoms with Crippen molar-refractivity contribution in [3.05, 3.63) is 42.1 Å². The Labute approximate surface area is 108 Å². The van der Waals surface area contributed by atoms with Crippen LogP contribution in [0.5, 0.6) is 0 Å². The van der Waals surface area contributed by atoms with Crippen molar-refractivity contribution in [2.45, 2.75) is 20.3 Å². The zero-order chi connectivity index (χ0) is 13.0. The van der Waals surface area contributed by atoms with E-state index in [4.69, 9.17) is 0 Å². The average Bonchev–Trinajstić information content (AvgIpc) is 2.39. The van der Waals surface area contributed by atoms with E-state index in [2.05, 4.69) is 53.4 Å². The van der Waals surface area contributed by atoms with Crippen LogP contribution in [0.1, 0.15) is 19.4 Å². The highest BCUT2D eigenvalue weighted by Crippen LogP contribution is 2.18. The summed E-state index contributed by atoms with van der Waals surface area (Å²) < 4.78 is 0. The van der Waals surface area contributed by atoms with Gasteiger partial charge in [-0.1, -0.05) is 38.1 Å². The molecule has 1 aromatic heterocycles. The van der Waals surface area contributed by atoms with Crippen LogP contribution in [0.2, 0.25) is 0 Å². The fourth-order valence-corrected chi connectivity index (χ4v) is 1.90. The number of hydrogen-bond donors (Lipinski definition) is 1. The van der Waals surface area contributed by atoms with E-state index < -0.39 is 0 Å². The zero-order valence-electron chi connectivity index (χ0n) is 11.1. The Balaban J connectivity index is 2.22. The van der Waals surface area contributed by atoms with Crippen LogP contribution in [0.25, 0.3) is 11.4 Å². The van der Waals surface area contributed by atoms with Crippen molar-refractivity contribution in [3.8, 4) is 11.4 Å². The summed E-state index contributed by atoms with van der Waals surface area (Å²) in [5.74, 6) is 2.28. The SMILES string of the molecule is CNc1ccnc(-c2ccc(CC(C)C)cc2)n1. The molecule has 0 aliphatic heterocycles. The number of anilines is 1. The molecule has 2 aromatic rings. The predicted molar refractivity (Wildman–Crippen MR) is 75.6 cm³/mol. The third-order valence-corrected chi connectivity index (χ3v) is 2.77. The summed E-state index contributed by atoms with van der Waals surface area (Å²) in [5.41, 5.74) is 2.41. The van der Waals surface area contributed by atoms with Gasteiger partial charge in [0, 0.05) is 18.8 Å². The third-order valence-electron chi connectivity index (χ3n) is 2.77. The first-order chi connectivity index (χ1) is 8.69. The van der Waals surface area contributed by atoms with Crippen LogP contribution >= 0.6 is 0 Å². The lowest BCUT2D eigenvalue weighted by Crippen LogP contribution is -1.96. The second-order valence-electron chi connectivity index (χ2n) is 4.81. The number of nitrogens with zero attached hydrogens (tertiary/aromatic N) is 2. The van der Waals surface area contributed by atoms with Crippen molar-refractivity contribution >= 4 is 5.82 Å². The molecule has 0 radical (unpaired) electrons. The van der Waals surface area contributed by atoms with Gasteiger partial charge in [0.05, 0.1) is 0 Å². The normalized spacial score (nSPS) is 10.7. The summed E-state index contributed by atoms with van der Waals surface area (Å²) in [4.78, 5) is 8.73. The fourth-order valence-electron chi connectivity index (χ4n) is 1.90. The van der Waals surface area contributed by atoms with Gasteiger partial charge in [-0.3, -0.25) is 0 Å². The van der Waals surface area contributed by atoms with Crippen LogP contribution in [0.15, 0.2) is 36.5 Å². The molecule has 18 heavy (non-hydrogen) atoms. The number of nitrogens with one attached hydrogen (secondary N) is 1. The molecule has 0 aliphatic rings. The van der Waals surface area contributed by atoms with Gasteiger partial charge in [0.25, 0.3) is 0 Å². The number of benzene rings is 1. The van der Waals surface area contributed by atoms with Crippen molar-refractivity contribution < 1.29 is 0 Å². The van der Waals surface area contributed by atoms with Crippen LogP contribution in [0, 0.1) is 5.92 Å². The lowest BCUT2D eigenvalue weighted by atomic mass is 10.0. The molecule has 0 atom stereocenters. The second-order valence-corrected chi connectivity index (χ2v) is 4.81. The molecule has 2 rings (SSSR count). The Morgan fingerprint density at radius 2 is 1.83 bits per heavy atom. The van der Waals surface area contributed by atoms with Crippen molar-refractivity contribution in [1.29, 1.82) is 0 Å². The van der Waals surface area contributed by atoms with E-state index in [1.54, 1.807) is 6.20 Å². The highest BCUT2D eigenvalue weighted by atomic mass is 15.0. The minimum atomic E-state index is 0.680. The average molecular weight is 241 g/mol. The maximum absolute atomic E-state index is 4.43. The van der Waals surface area contributed by atoms with Gasteiger partial charge in [0.2, 0.25) is 0 Å². The first-order valence-corrected chi connectivity index (χ1v) is 6.29. The number of hydrogen-bond acceptors (Lipinski definition) is 3. The molecule has 0 unspecified atom stereocenters. The summed E-state index contributed by atoms with van der Waals surface area (Å²) >= 11 is 0. The molecule has 0 amide bonds. The van der Waals surface area contributed by atoms with E-state index in [0.717, 1.165) is 23.6 Å². The fraction of sp³-hybridized carbons (Fsp3) is 0.333. The summed E-state index contributed by atoms with van der Waals surface area (Å²) in [6.45, 7) is 4.46. The standard InChI is InChI=1S/C15H19N3/c1-11(2)10-12-4-6-13(7-5-12)15-17-9-8-14(16-3)18-15/h4-9,11H,10H2,1-3H3,(H,16,17,18). The van der Waals surface area contributed by atoms with E-state index in [1.165, 1.54) is 5.56 Å². The molecule has 3 nitrogen and oxygen atoms in total. The molecule has 1 aromatic carbocycles.